The molecular weight excluding hydrogens is 248 g/mol. The SMILES string of the molecule is COc1cc(C)nc(CN2CCC(Cl)C(C)C2)c1. The van der Waals surface area contributed by atoms with Gasteiger partial charge in [-0.15, -0.1) is 11.6 Å². The average Bonchev–Trinajstić information content (AvgIpc) is 2.33. The van der Waals surface area contributed by atoms with Crippen LogP contribution in [0.1, 0.15) is 24.7 Å². The van der Waals surface area contributed by atoms with Crippen molar-refractivity contribution in [1.29, 1.82) is 0 Å². The Balaban J connectivity index is 2.03. The molecule has 0 aliphatic carbocycles. The molecule has 0 bridgehead atoms. The molecule has 4 heteroatoms. The highest BCUT2D eigenvalue weighted by atomic mass is 35.5. The lowest BCUT2D eigenvalue weighted by Crippen LogP contribution is -2.39. The number of nitrogens with zero attached hydrogens (tertiary/aromatic N) is 2. The van der Waals surface area contributed by atoms with Crippen LogP contribution >= 0.6 is 11.6 Å². The molecule has 0 saturated carbocycles. The van der Waals surface area contributed by atoms with Crippen LogP contribution in [0, 0.1) is 12.8 Å². The standard InChI is InChI=1S/C14H21ClN2O/c1-10-8-17(5-4-14(10)15)9-12-7-13(18-3)6-11(2)16-12/h6-7,10,14H,4-5,8-9H2,1-3H3. The molecule has 2 unspecified atom stereocenters. The molecule has 0 aromatic carbocycles. The van der Waals surface area contributed by atoms with Crippen molar-refractivity contribution >= 4 is 11.6 Å². The van der Waals surface area contributed by atoms with Gasteiger partial charge in [0.2, 0.25) is 0 Å². The molecule has 2 heterocycles. The number of aromatic nitrogens is 1. The molecule has 1 saturated heterocycles. The molecular formula is C14H21ClN2O. The summed E-state index contributed by atoms with van der Waals surface area (Å²) in [6.07, 6.45) is 1.06. The Morgan fingerprint density at radius 2 is 2.28 bits per heavy atom. The molecule has 1 aromatic heterocycles. The number of ether oxygens (including phenoxy) is 1. The number of methoxy groups -OCH3 is 1. The van der Waals surface area contributed by atoms with E-state index in [0.717, 1.165) is 43.2 Å². The van der Waals surface area contributed by atoms with Crippen LogP contribution < -0.4 is 4.74 Å². The predicted molar refractivity (Wildman–Crippen MR) is 74.2 cm³/mol. The number of hydrogen-bond donors (Lipinski definition) is 0. The Morgan fingerprint density at radius 3 is 2.94 bits per heavy atom. The maximum Gasteiger partial charge on any atom is 0.122 e. The molecule has 2 rings (SSSR count). The van der Waals surface area contributed by atoms with Gasteiger partial charge < -0.3 is 4.74 Å². The third-order valence-corrected chi connectivity index (χ3v) is 4.13. The van der Waals surface area contributed by atoms with Crippen molar-refractivity contribution in [3.63, 3.8) is 0 Å². The van der Waals surface area contributed by atoms with Crippen LogP contribution in [0.15, 0.2) is 12.1 Å². The van der Waals surface area contributed by atoms with E-state index in [1.165, 1.54) is 0 Å². The Kier molecular flexibility index (Phi) is 4.46. The third kappa shape index (κ3) is 3.36. The van der Waals surface area contributed by atoms with Crippen LogP contribution in [0.25, 0.3) is 0 Å². The number of rotatable bonds is 3. The first-order valence-electron chi connectivity index (χ1n) is 6.46. The van der Waals surface area contributed by atoms with Gasteiger partial charge in [0.1, 0.15) is 5.75 Å². The Hall–Kier alpha value is -0.800. The summed E-state index contributed by atoms with van der Waals surface area (Å²) in [7, 11) is 1.69. The summed E-state index contributed by atoms with van der Waals surface area (Å²) in [5.74, 6) is 1.44. The maximum atomic E-state index is 6.25. The third-order valence-electron chi connectivity index (χ3n) is 3.49. The Morgan fingerprint density at radius 1 is 1.50 bits per heavy atom. The highest BCUT2D eigenvalue weighted by molar-refractivity contribution is 6.20. The zero-order chi connectivity index (χ0) is 13.1. The zero-order valence-corrected chi connectivity index (χ0v) is 12.1. The van der Waals surface area contributed by atoms with Gasteiger partial charge in [-0.05, 0) is 25.8 Å². The number of aryl methyl sites for hydroxylation is 1. The minimum atomic E-state index is 0.321. The van der Waals surface area contributed by atoms with Gasteiger partial charge in [-0.25, -0.2) is 0 Å². The lowest BCUT2D eigenvalue weighted by Gasteiger charge is -2.33. The lowest BCUT2D eigenvalue weighted by atomic mass is 9.99. The second-order valence-corrected chi connectivity index (χ2v) is 5.72. The van der Waals surface area contributed by atoms with E-state index in [-0.39, 0.29) is 0 Å². The van der Waals surface area contributed by atoms with Crippen molar-refractivity contribution in [2.75, 3.05) is 20.2 Å². The minimum absolute atomic E-state index is 0.321. The molecule has 0 spiro atoms. The molecule has 1 fully saturated rings. The van der Waals surface area contributed by atoms with Crippen LogP contribution in [0.5, 0.6) is 5.75 Å². The van der Waals surface area contributed by atoms with E-state index in [4.69, 9.17) is 16.3 Å². The van der Waals surface area contributed by atoms with Crippen LogP contribution in [-0.4, -0.2) is 35.5 Å². The molecule has 0 amide bonds. The summed E-state index contributed by atoms with van der Waals surface area (Å²) in [4.78, 5) is 6.99. The van der Waals surface area contributed by atoms with E-state index >= 15 is 0 Å². The van der Waals surface area contributed by atoms with Gasteiger partial charge >= 0.3 is 0 Å². The number of pyridine rings is 1. The van der Waals surface area contributed by atoms with E-state index in [2.05, 4.69) is 16.8 Å². The zero-order valence-electron chi connectivity index (χ0n) is 11.3. The number of halogens is 1. The first kappa shape index (κ1) is 13.6. The van der Waals surface area contributed by atoms with Crippen molar-refractivity contribution in [3.05, 3.63) is 23.5 Å². The fourth-order valence-corrected chi connectivity index (χ4v) is 2.66. The van der Waals surface area contributed by atoms with Crippen molar-refractivity contribution in [3.8, 4) is 5.75 Å². The van der Waals surface area contributed by atoms with Gasteiger partial charge in [0.25, 0.3) is 0 Å². The summed E-state index contributed by atoms with van der Waals surface area (Å²) in [6.45, 7) is 7.20. The predicted octanol–water partition coefficient (Wildman–Crippen LogP) is 2.85. The molecule has 1 aliphatic heterocycles. The van der Waals surface area contributed by atoms with Crippen LogP contribution in [-0.2, 0) is 6.54 Å². The molecule has 0 radical (unpaired) electrons. The second-order valence-electron chi connectivity index (χ2n) is 5.16. The highest BCUT2D eigenvalue weighted by Gasteiger charge is 2.24. The van der Waals surface area contributed by atoms with Gasteiger partial charge in [-0.3, -0.25) is 9.88 Å². The van der Waals surface area contributed by atoms with Gasteiger partial charge in [0.05, 0.1) is 12.8 Å². The second kappa shape index (κ2) is 5.89. The minimum Gasteiger partial charge on any atom is -0.497 e. The number of alkyl halides is 1. The topological polar surface area (TPSA) is 25.4 Å². The molecule has 3 nitrogen and oxygen atoms in total. The smallest absolute Gasteiger partial charge is 0.122 e. The summed E-state index contributed by atoms with van der Waals surface area (Å²) in [5.41, 5.74) is 2.08. The number of likely N-dealkylation sites (tertiary alicyclic amines) is 1. The Bertz CT molecular complexity index is 411. The summed E-state index contributed by atoms with van der Waals surface area (Å²) in [6, 6.07) is 3.97. The average molecular weight is 269 g/mol. The molecule has 1 aromatic rings. The van der Waals surface area contributed by atoms with Gasteiger partial charge in [0, 0.05) is 36.3 Å². The normalized spacial score (nSPS) is 25.1. The van der Waals surface area contributed by atoms with Crippen molar-refractivity contribution in [2.45, 2.75) is 32.2 Å². The maximum absolute atomic E-state index is 6.25. The van der Waals surface area contributed by atoms with Crippen molar-refractivity contribution in [1.82, 2.24) is 9.88 Å². The van der Waals surface area contributed by atoms with E-state index in [1.54, 1.807) is 7.11 Å². The van der Waals surface area contributed by atoms with Crippen LogP contribution in [0.3, 0.4) is 0 Å². The van der Waals surface area contributed by atoms with Gasteiger partial charge in [-0.2, -0.15) is 0 Å². The van der Waals surface area contributed by atoms with E-state index in [0.29, 0.717) is 11.3 Å². The molecule has 1 aliphatic rings. The van der Waals surface area contributed by atoms with Crippen LogP contribution in [0.2, 0.25) is 0 Å². The summed E-state index contributed by atoms with van der Waals surface area (Å²) >= 11 is 6.25. The highest BCUT2D eigenvalue weighted by Crippen LogP contribution is 2.23. The first-order valence-corrected chi connectivity index (χ1v) is 6.90. The summed E-state index contributed by atoms with van der Waals surface area (Å²) < 4.78 is 5.28. The van der Waals surface area contributed by atoms with E-state index in [9.17, 15) is 0 Å². The number of piperidine rings is 1. The fourth-order valence-electron chi connectivity index (χ4n) is 2.48. The van der Waals surface area contributed by atoms with Gasteiger partial charge in [-0.1, -0.05) is 6.92 Å². The van der Waals surface area contributed by atoms with Gasteiger partial charge in [0.15, 0.2) is 0 Å². The molecule has 18 heavy (non-hydrogen) atoms. The fraction of sp³-hybridized carbons (Fsp3) is 0.643. The number of hydrogen-bond acceptors (Lipinski definition) is 3. The molecule has 100 valence electrons. The van der Waals surface area contributed by atoms with Crippen LogP contribution in [0.4, 0.5) is 0 Å². The van der Waals surface area contributed by atoms with E-state index < -0.39 is 0 Å². The Labute approximate surface area is 114 Å². The molecule has 0 N–H and O–H groups in total. The van der Waals surface area contributed by atoms with Crippen molar-refractivity contribution < 1.29 is 4.74 Å². The van der Waals surface area contributed by atoms with Crippen molar-refractivity contribution in [2.24, 2.45) is 5.92 Å². The molecule has 2 atom stereocenters. The largest absolute Gasteiger partial charge is 0.497 e. The van der Waals surface area contributed by atoms with E-state index in [1.807, 2.05) is 19.1 Å². The summed E-state index contributed by atoms with van der Waals surface area (Å²) in [5, 5.41) is 0.321. The quantitative estimate of drug-likeness (QED) is 0.789. The first-order chi connectivity index (χ1) is 8.58. The monoisotopic (exact) mass is 268 g/mol. The lowest BCUT2D eigenvalue weighted by molar-refractivity contribution is 0.178.